The van der Waals surface area contributed by atoms with Crippen LogP contribution in [0.3, 0.4) is 0 Å². The van der Waals surface area contributed by atoms with Crippen molar-refractivity contribution in [2.24, 2.45) is 0 Å². The molecule has 1 unspecified atom stereocenters. The molecule has 3 nitrogen and oxygen atoms in total. The molecule has 0 bridgehead atoms. The van der Waals surface area contributed by atoms with E-state index >= 15 is 0 Å². The van der Waals surface area contributed by atoms with E-state index in [4.69, 9.17) is 0 Å². The Balaban J connectivity index is 2.09. The van der Waals surface area contributed by atoms with Crippen LogP contribution in [0.5, 0.6) is 0 Å². The summed E-state index contributed by atoms with van der Waals surface area (Å²) in [4.78, 5) is 6.95. The Morgan fingerprint density at radius 2 is 2.12 bits per heavy atom. The number of hydrogen-bond acceptors (Lipinski definition) is 3. The van der Waals surface area contributed by atoms with Crippen LogP contribution in [0.25, 0.3) is 0 Å². The van der Waals surface area contributed by atoms with Crippen molar-refractivity contribution in [3.8, 4) is 0 Å². The monoisotopic (exact) mass is 233 g/mol. The fraction of sp³-hybridized carbons (Fsp3) is 0.643. The minimum Gasteiger partial charge on any atom is -0.355 e. The molecule has 0 spiro atoms. The van der Waals surface area contributed by atoms with Gasteiger partial charge in [0.15, 0.2) is 0 Å². The molecule has 1 saturated heterocycles. The molecule has 1 aliphatic heterocycles. The second-order valence-electron chi connectivity index (χ2n) is 5.88. The highest BCUT2D eigenvalue weighted by Gasteiger charge is 2.22. The number of hydrogen-bond donors (Lipinski definition) is 1. The van der Waals surface area contributed by atoms with Crippen LogP contribution in [0.2, 0.25) is 0 Å². The lowest BCUT2D eigenvalue weighted by Gasteiger charge is -2.21. The Morgan fingerprint density at radius 3 is 2.59 bits per heavy atom. The highest BCUT2D eigenvalue weighted by Crippen LogP contribution is 2.24. The van der Waals surface area contributed by atoms with Gasteiger partial charge in [0, 0.05) is 25.3 Å². The molecule has 0 radical (unpaired) electrons. The molecule has 3 heteroatoms. The molecule has 0 amide bonds. The van der Waals surface area contributed by atoms with Gasteiger partial charge in [0.2, 0.25) is 0 Å². The molecule has 94 valence electrons. The molecule has 1 aliphatic rings. The zero-order chi connectivity index (χ0) is 12.5. The van der Waals surface area contributed by atoms with Crippen LogP contribution < -0.4 is 10.2 Å². The van der Waals surface area contributed by atoms with Crippen molar-refractivity contribution in [2.45, 2.75) is 38.6 Å². The van der Waals surface area contributed by atoms with Gasteiger partial charge >= 0.3 is 0 Å². The van der Waals surface area contributed by atoms with Crippen molar-refractivity contribution >= 4 is 5.82 Å². The summed E-state index contributed by atoms with van der Waals surface area (Å²) in [6, 6.07) is 4.97. The van der Waals surface area contributed by atoms with E-state index in [0.717, 1.165) is 18.9 Å². The summed E-state index contributed by atoms with van der Waals surface area (Å²) < 4.78 is 0. The standard InChI is InChI=1S/C14H23N3/c1-14(2,3)11-5-6-13(16-9-11)17-8-7-12(10-17)15-4/h5-6,9,12,15H,7-8,10H2,1-4H3. The lowest BCUT2D eigenvalue weighted by Crippen LogP contribution is -2.29. The van der Waals surface area contributed by atoms with Gasteiger partial charge in [-0.05, 0) is 30.5 Å². The van der Waals surface area contributed by atoms with Crippen LogP contribution in [0.4, 0.5) is 5.82 Å². The minimum atomic E-state index is 0.185. The van der Waals surface area contributed by atoms with Crippen molar-refractivity contribution in [1.82, 2.24) is 10.3 Å². The van der Waals surface area contributed by atoms with Gasteiger partial charge in [-0.3, -0.25) is 0 Å². The van der Waals surface area contributed by atoms with Crippen molar-refractivity contribution in [3.63, 3.8) is 0 Å². The topological polar surface area (TPSA) is 28.2 Å². The molecule has 1 atom stereocenters. The smallest absolute Gasteiger partial charge is 0.128 e. The molecule has 0 aromatic carbocycles. The number of likely N-dealkylation sites (N-methyl/N-ethyl adjacent to an activating group) is 1. The first-order chi connectivity index (χ1) is 8.00. The van der Waals surface area contributed by atoms with Gasteiger partial charge in [0.25, 0.3) is 0 Å². The predicted molar refractivity (Wildman–Crippen MR) is 72.6 cm³/mol. The fourth-order valence-corrected chi connectivity index (χ4v) is 2.22. The van der Waals surface area contributed by atoms with E-state index in [1.165, 1.54) is 12.0 Å². The second-order valence-corrected chi connectivity index (χ2v) is 5.88. The van der Waals surface area contributed by atoms with Crippen LogP contribution in [0.1, 0.15) is 32.8 Å². The molecule has 0 saturated carbocycles. The van der Waals surface area contributed by atoms with Crippen LogP contribution >= 0.6 is 0 Å². The lowest BCUT2D eigenvalue weighted by molar-refractivity contribution is 0.587. The summed E-state index contributed by atoms with van der Waals surface area (Å²) in [6.07, 6.45) is 3.22. The first-order valence-corrected chi connectivity index (χ1v) is 6.39. The second kappa shape index (κ2) is 4.65. The van der Waals surface area contributed by atoms with E-state index in [2.05, 4.69) is 48.1 Å². The van der Waals surface area contributed by atoms with Gasteiger partial charge in [-0.25, -0.2) is 4.98 Å². The van der Waals surface area contributed by atoms with Gasteiger partial charge in [0.05, 0.1) is 0 Å². The first-order valence-electron chi connectivity index (χ1n) is 6.39. The molecule has 1 aromatic rings. The van der Waals surface area contributed by atoms with E-state index in [1.54, 1.807) is 0 Å². The van der Waals surface area contributed by atoms with Crippen molar-refractivity contribution in [3.05, 3.63) is 23.9 Å². The van der Waals surface area contributed by atoms with E-state index in [-0.39, 0.29) is 5.41 Å². The zero-order valence-corrected chi connectivity index (χ0v) is 11.3. The number of pyridine rings is 1. The average Bonchev–Trinajstić information content (AvgIpc) is 2.76. The van der Waals surface area contributed by atoms with E-state index in [1.807, 2.05) is 13.2 Å². The van der Waals surface area contributed by atoms with Gasteiger partial charge < -0.3 is 10.2 Å². The van der Waals surface area contributed by atoms with Crippen molar-refractivity contribution in [2.75, 3.05) is 25.0 Å². The Labute approximate surface area is 104 Å². The lowest BCUT2D eigenvalue weighted by atomic mass is 9.88. The maximum absolute atomic E-state index is 4.59. The quantitative estimate of drug-likeness (QED) is 0.848. The van der Waals surface area contributed by atoms with Crippen LogP contribution in [0, 0.1) is 0 Å². The molecule has 2 heterocycles. The van der Waals surface area contributed by atoms with Crippen LogP contribution in [-0.2, 0) is 5.41 Å². The molecule has 0 aliphatic carbocycles. The summed E-state index contributed by atoms with van der Waals surface area (Å²) >= 11 is 0. The Hall–Kier alpha value is -1.09. The summed E-state index contributed by atoms with van der Waals surface area (Å²) in [6.45, 7) is 8.83. The SMILES string of the molecule is CNC1CCN(c2ccc(C(C)(C)C)cn2)C1. The number of aromatic nitrogens is 1. The van der Waals surface area contributed by atoms with Gasteiger partial charge in [0.1, 0.15) is 5.82 Å². The van der Waals surface area contributed by atoms with Crippen molar-refractivity contribution < 1.29 is 0 Å². The number of nitrogens with zero attached hydrogens (tertiary/aromatic N) is 2. The number of anilines is 1. The Morgan fingerprint density at radius 1 is 1.35 bits per heavy atom. The average molecular weight is 233 g/mol. The third-order valence-corrected chi connectivity index (χ3v) is 3.53. The molecule has 1 N–H and O–H groups in total. The van der Waals surface area contributed by atoms with E-state index in [9.17, 15) is 0 Å². The van der Waals surface area contributed by atoms with Gasteiger partial charge in [-0.15, -0.1) is 0 Å². The normalized spacial score (nSPS) is 20.9. The summed E-state index contributed by atoms with van der Waals surface area (Å²) in [5.41, 5.74) is 1.48. The van der Waals surface area contributed by atoms with Crippen molar-refractivity contribution in [1.29, 1.82) is 0 Å². The number of rotatable bonds is 2. The third kappa shape index (κ3) is 2.78. The number of nitrogens with one attached hydrogen (secondary N) is 1. The molecule has 1 aromatic heterocycles. The van der Waals surface area contributed by atoms with E-state index in [0.29, 0.717) is 6.04 Å². The van der Waals surface area contributed by atoms with Crippen LogP contribution in [-0.4, -0.2) is 31.2 Å². The highest BCUT2D eigenvalue weighted by atomic mass is 15.2. The fourth-order valence-electron chi connectivity index (χ4n) is 2.22. The zero-order valence-electron chi connectivity index (χ0n) is 11.3. The maximum atomic E-state index is 4.59. The first kappa shape index (κ1) is 12.4. The third-order valence-electron chi connectivity index (χ3n) is 3.53. The highest BCUT2D eigenvalue weighted by molar-refractivity contribution is 5.41. The Kier molecular flexibility index (Phi) is 3.38. The summed E-state index contributed by atoms with van der Waals surface area (Å²) in [5, 5.41) is 3.33. The summed E-state index contributed by atoms with van der Waals surface area (Å²) in [5.74, 6) is 1.11. The van der Waals surface area contributed by atoms with Gasteiger partial charge in [-0.2, -0.15) is 0 Å². The van der Waals surface area contributed by atoms with Crippen LogP contribution in [0.15, 0.2) is 18.3 Å². The largest absolute Gasteiger partial charge is 0.355 e. The molecular formula is C14H23N3. The molecular weight excluding hydrogens is 210 g/mol. The predicted octanol–water partition coefficient (Wildman–Crippen LogP) is 2.18. The summed E-state index contributed by atoms with van der Waals surface area (Å²) in [7, 11) is 2.03. The molecule has 1 fully saturated rings. The molecule has 2 rings (SSSR count). The maximum Gasteiger partial charge on any atom is 0.128 e. The Bertz CT molecular complexity index is 364. The minimum absolute atomic E-state index is 0.185. The van der Waals surface area contributed by atoms with Gasteiger partial charge in [-0.1, -0.05) is 26.8 Å². The van der Waals surface area contributed by atoms with E-state index < -0.39 is 0 Å². The molecule has 17 heavy (non-hydrogen) atoms.